The van der Waals surface area contributed by atoms with Gasteiger partial charge in [-0.05, 0) is 102 Å². The van der Waals surface area contributed by atoms with Crippen molar-refractivity contribution in [3.05, 3.63) is 85.1 Å². The van der Waals surface area contributed by atoms with Gasteiger partial charge in [0.15, 0.2) is 0 Å². The molecule has 0 bridgehead atoms. The molecule has 1 amide bonds. The minimum Gasteiger partial charge on any atom is -0.456 e. The van der Waals surface area contributed by atoms with Crippen LogP contribution in [0.5, 0.6) is 0 Å². The number of esters is 1. The third-order valence-electron chi connectivity index (χ3n) is 13.8. The number of hydrogen-bond acceptors (Lipinski definition) is 6. The lowest BCUT2D eigenvalue weighted by Gasteiger charge is -2.27. The zero-order valence-corrected chi connectivity index (χ0v) is 51.8. The Balaban J connectivity index is 5.25. The minimum atomic E-state index is -4.46. The van der Waals surface area contributed by atoms with Gasteiger partial charge in [0.25, 0.3) is 0 Å². The summed E-state index contributed by atoms with van der Waals surface area (Å²) in [7, 11) is 1.48. The maximum atomic E-state index is 13.5. The van der Waals surface area contributed by atoms with E-state index >= 15 is 0 Å². The molecule has 446 valence electrons. The van der Waals surface area contributed by atoms with E-state index in [1.54, 1.807) is 0 Å². The lowest BCUT2D eigenvalue weighted by Crippen LogP contribution is -2.47. The van der Waals surface area contributed by atoms with Crippen molar-refractivity contribution < 1.29 is 37.3 Å². The Bertz CT molecular complexity index is 1590. The number of carbonyl (C=O) groups is 2. The van der Waals surface area contributed by atoms with E-state index in [-0.39, 0.29) is 31.5 Å². The average Bonchev–Trinajstić information content (AvgIpc) is 3.39. The van der Waals surface area contributed by atoms with Crippen molar-refractivity contribution in [1.82, 2.24) is 5.32 Å². The molecule has 0 aromatic carbocycles. The summed E-state index contributed by atoms with van der Waals surface area (Å²) in [6.45, 7) is 6.89. The molecule has 0 aliphatic rings. The van der Waals surface area contributed by atoms with Gasteiger partial charge in [-0.2, -0.15) is 0 Å². The predicted molar refractivity (Wildman–Crippen MR) is 332 cm³/mol. The first-order valence-electron chi connectivity index (χ1n) is 31.9. The topological polar surface area (TPSA) is 111 Å². The summed E-state index contributed by atoms with van der Waals surface area (Å²) in [6, 6.07) is -0.859. The molecule has 0 spiro atoms. The van der Waals surface area contributed by atoms with Crippen LogP contribution in [-0.2, 0) is 27.9 Å². The van der Waals surface area contributed by atoms with Crippen LogP contribution in [0.2, 0.25) is 0 Å². The summed E-state index contributed by atoms with van der Waals surface area (Å²) in [4.78, 5) is 37.8. The summed E-state index contributed by atoms with van der Waals surface area (Å²) >= 11 is 0. The number of rotatable bonds is 57. The van der Waals surface area contributed by atoms with Crippen molar-refractivity contribution in [2.75, 3.05) is 40.9 Å². The van der Waals surface area contributed by atoms with Gasteiger partial charge in [-0.25, -0.2) is 4.57 Å². The fourth-order valence-corrected chi connectivity index (χ4v) is 9.64. The predicted octanol–water partition coefficient (Wildman–Crippen LogP) is 19.8. The summed E-state index contributed by atoms with van der Waals surface area (Å²) in [5, 5.41) is 3.05. The highest BCUT2D eigenvalue weighted by Crippen LogP contribution is 2.43. The van der Waals surface area contributed by atoms with Gasteiger partial charge in [0.05, 0.1) is 33.8 Å². The highest BCUT2D eigenvalue weighted by molar-refractivity contribution is 7.47. The fraction of sp³-hybridized carbons (Fsp3) is 0.761. The van der Waals surface area contributed by atoms with Crippen LogP contribution in [0.25, 0.3) is 0 Å². The average molecular weight is 1100 g/mol. The van der Waals surface area contributed by atoms with Crippen LogP contribution < -0.4 is 5.32 Å². The molecule has 0 fully saturated rings. The third-order valence-corrected chi connectivity index (χ3v) is 14.8. The van der Waals surface area contributed by atoms with Crippen LogP contribution in [0, 0.1) is 0 Å². The van der Waals surface area contributed by atoms with Crippen LogP contribution in [0.3, 0.4) is 0 Å². The second-order valence-electron chi connectivity index (χ2n) is 22.5. The highest BCUT2D eigenvalue weighted by atomic mass is 31.2. The lowest BCUT2D eigenvalue weighted by atomic mass is 10.0. The smallest absolute Gasteiger partial charge is 0.456 e. The van der Waals surface area contributed by atoms with Crippen molar-refractivity contribution in [3.63, 3.8) is 0 Å². The molecular weight excluding hydrogens is 976 g/mol. The summed E-state index contributed by atoms with van der Waals surface area (Å²) in [5.41, 5.74) is 0. The summed E-state index contributed by atoms with van der Waals surface area (Å²) < 4.78 is 30.7. The molecule has 0 heterocycles. The Labute approximate surface area is 476 Å². The third kappa shape index (κ3) is 57.7. The van der Waals surface area contributed by atoms with Crippen LogP contribution in [0.15, 0.2) is 85.1 Å². The second kappa shape index (κ2) is 56.5. The number of hydrogen-bond donors (Lipinski definition) is 2. The number of unbranched alkanes of at least 4 members (excludes halogenated alkanes) is 29. The fourth-order valence-electron chi connectivity index (χ4n) is 8.90. The number of nitrogens with zero attached hydrogens (tertiary/aromatic N) is 1. The van der Waals surface area contributed by atoms with Crippen molar-refractivity contribution in [3.8, 4) is 0 Å². The monoisotopic (exact) mass is 1100 g/mol. The van der Waals surface area contributed by atoms with E-state index in [0.29, 0.717) is 17.4 Å². The zero-order valence-electron chi connectivity index (χ0n) is 50.9. The van der Waals surface area contributed by atoms with E-state index in [1.165, 1.54) is 128 Å². The quantitative estimate of drug-likeness (QED) is 0.0205. The number of likely N-dealkylation sites (N-methyl/N-ethyl adjacent to an activating group) is 1. The first-order valence-corrected chi connectivity index (χ1v) is 33.4. The van der Waals surface area contributed by atoms with Gasteiger partial charge >= 0.3 is 13.8 Å². The number of phosphoric acid groups is 1. The molecule has 10 heteroatoms. The molecule has 77 heavy (non-hydrogen) atoms. The maximum Gasteiger partial charge on any atom is 0.472 e. The van der Waals surface area contributed by atoms with Crippen LogP contribution in [0.1, 0.15) is 278 Å². The van der Waals surface area contributed by atoms with E-state index in [0.717, 1.165) is 116 Å². The number of ether oxygens (including phenoxy) is 1. The molecule has 0 radical (unpaired) electrons. The number of allylic oxidation sites excluding steroid dienone is 13. The van der Waals surface area contributed by atoms with Crippen LogP contribution >= 0.6 is 7.82 Å². The lowest BCUT2D eigenvalue weighted by molar-refractivity contribution is -0.870. The molecular formula is C67H122N2O7P+. The molecule has 0 rings (SSSR count). The Morgan fingerprint density at radius 3 is 1.27 bits per heavy atom. The molecule has 0 aromatic rings. The van der Waals surface area contributed by atoms with Crippen LogP contribution in [-0.4, -0.2) is 74.3 Å². The Morgan fingerprint density at radius 2 is 0.831 bits per heavy atom. The molecule has 3 unspecified atom stereocenters. The van der Waals surface area contributed by atoms with Gasteiger partial charge in [-0.3, -0.25) is 18.6 Å². The number of quaternary nitrogens is 1. The molecule has 0 aromatic heterocycles. The van der Waals surface area contributed by atoms with E-state index in [9.17, 15) is 19.0 Å². The minimum absolute atomic E-state index is 0.0346. The van der Waals surface area contributed by atoms with Gasteiger partial charge in [-0.1, -0.05) is 247 Å². The van der Waals surface area contributed by atoms with Crippen molar-refractivity contribution in [2.45, 2.75) is 290 Å². The van der Waals surface area contributed by atoms with Crippen molar-refractivity contribution in [1.29, 1.82) is 0 Å². The normalized spacial score (nSPS) is 14.2. The standard InChI is InChI=1S/C67H121N2O7P/c1-7-10-13-16-19-22-25-28-30-31-32-33-34-35-36-37-39-42-45-48-51-54-57-60-67(71)76-65(58-55-52-49-46-43-40-27-24-21-18-15-12-9-3)64(63-75-77(72,73)74-62-61-69(4,5)6)68-66(70)59-56-53-50-47-44-41-38-29-26-23-20-17-14-11-8-2/h10,13,19,22-23,26,28,30,32-33,35-36,55,58,64-65H,7-9,11-12,14-18,20-21,24-25,27,29,31,34,37-54,56-57,59-63H2,1-6H3,(H-,68,70,72,73)/p+1/b13-10-,22-19-,26-23-,30-28-,33-32-,36-35-,58-55-. The maximum absolute atomic E-state index is 13.5. The highest BCUT2D eigenvalue weighted by Gasteiger charge is 2.30. The zero-order chi connectivity index (χ0) is 56.4. The number of carbonyl (C=O) groups excluding carboxylic acids is 2. The van der Waals surface area contributed by atoms with Gasteiger partial charge in [0.1, 0.15) is 19.3 Å². The molecule has 0 aliphatic carbocycles. The van der Waals surface area contributed by atoms with Gasteiger partial charge in [0.2, 0.25) is 5.91 Å². The Hall–Kier alpha value is -2.81. The molecule has 9 nitrogen and oxygen atoms in total. The van der Waals surface area contributed by atoms with Gasteiger partial charge < -0.3 is 19.4 Å². The molecule has 0 aliphatic heterocycles. The molecule has 2 N–H and O–H groups in total. The van der Waals surface area contributed by atoms with Crippen molar-refractivity contribution in [2.24, 2.45) is 0 Å². The van der Waals surface area contributed by atoms with Crippen LogP contribution in [0.4, 0.5) is 0 Å². The van der Waals surface area contributed by atoms with E-state index < -0.39 is 20.0 Å². The molecule has 0 saturated heterocycles. The second-order valence-corrected chi connectivity index (χ2v) is 24.0. The molecule has 0 saturated carbocycles. The number of phosphoric ester groups is 1. The van der Waals surface area contributed by atoms with Gasteiger partial charge in [-0.15, -0.1) is 0 Å². The number of nitrogens with one attached hydrogen (secondary N) is 1. The molecule has 3 atom stereocenters. The summed E-state index contributed by atoms with van der Waals surface area (Å²) in [5.74, 6) is -0.521. The Kier molecular flexibility index (Phi) is 54.4. The van der Waals surface area contributed by atoms with E-state index in [1.807, 2.05) is 33.3 Å². The van der Waals surface area contributed by atoms with Gasteiger partial charge in [0, 0.05) is 12.8 Å². The first kappa shape index (κ1) is 74.2. The Morgan fingerprint density at radius 1 is 0.468 bits per heavy atom. The SMILES string of the molecule is CC/C=C\C/C=C\C/C=C\C/C=C\C/C=C\CCCCCCCCCC(=O)OC(/C=C\CCCCCCCCCCCCC)C(COP(=O)(O)OCC[N+](C)(C)C)NC(=O)CCCCCCCCC/C=C\CCCCCC. The van der Waals surface area contributed by atoms with Crippen molar-refractivity contribution >= 4 is 19.7 Å². The first-order chi connectivity index (χ1) is 37.4. The van der Waals surface area contributed by atoms with E-state index in [2.05, 4.69) is 99.0 Å². The number of amides is 1. The van der Waals surface area contributed by atoms with E-state index in [4.69, 9.17) is 13.8 Å². The summed E-state index contributed by atoms with van der Waals surface area (Å²) in [6.07, 6.45) is 74.3. The largest absolute Gasteiger partial charge is 0.472 e.